The summed E-state index contributed by atoms with van der Waals surface area (Å²) in [7, 11) is 1.10. The largest absolute Gasteiger partial charge is 0.453 e. The first kappa shape index (κ1) is 12.8. The van der Waals surface area contributed by atoms with Crippen LogP contribution in [0.1, 0.15) is 11.1 Å². The fourth-order valence-electron chi connectivity index (χ4n) is 1.08. The van der Waals surface area contributed by atoms with E-state index in [9.17, 15) is 18.0 Å². The number of hydrogen-bond donors (Lipinski definition) is 1. The Kier molecular flexibility index (Phi) is 3.58. The van der Waals surface area contributed by atoms with E-state index in [1.165, 1.54) is 0 Å². The lowest BCUT2D eigenvalue weighted by Gasteiger charge is -2.10. The van der Waals surface area contributed by atoms with Crippen molar-refractivity contribution in [2.75, 3.05) is 12.4 Å². The minimum absolute atomic E-state index is 0.0349. The van der Waals surface area contributed by atoms with E-state index in [0.717, 1.165) is 19.2 Å². The highest BCUT2D eigenvalue weighted by Gasteiger charge is 2.31. The lowest BCUT2D eigenvalue weighted by atomic mass is 10.1. The highest BCUT2D eigenvalue weighted by molar-refractivity contribution is 5.86. The summed E-state index contributed by atoms with van der Waals surface area (Å²) in [4.78, 5) is 10.9. The molecule has 1 rings (SSSR count). The van der Waals surface area contributed by atoms with Gasteiger partial charge in [-0.15, -0.1) is 0 Å². The summed E-state index contributed by atoms with van der Waals surface area (Å²) in [5.74, 6) is 0. The molecule has 7 heteroatoms. The minimum atomic E-state index is -4.53. The van der Waals surface area contributed by atoms with E-state index < -0.39 is 17.8 Å². The zero-order chi connectivity index (χ0) is 13.1. The van der Waals surface area contributed by atoms with Crippen LogP contribution >= 0.6 is 0 Å². The van der Waals surface area contributed by atoms with Gasteiger partial charge in [-0.25, -0.2) is 4.79 Å². The summed E-state index contributed by atoms with van der Waals surface area (Å²) >= 11 is 0. The molecule has 4 nitrogen and oxygen atoms in total. The van der Waals surface area contributed by atoms with Crippen LogP contribution < -0.4 is 5.32 Å². The molecule has 0 bridgehead atoms. The van der Waals surface area contributed by atoms with Crippen molar-refractivity contribution in [2.45, 2.75) is 6.18 Å². The van der Waals surface area contributed by atoms with Crippen molar-refractivity contribution >= 4 is 11.8 Å². The molecule has 0 aliphatic rings. The predicted molar refractivity (Wildman–Crippen MR) is 52.2 cm³/mol. The molecule has 0 spiro atoms. The maximum absolute atomic E-state index is 12.3. The van der Waals surface area contributed by atoms with Crippen molar-refractivity contribution in [3.63, 3.8) is 0 Å². The van der Waals surface area contributed by atoms with Crippen LogP contribution in [0.15, 0.2) is 18.2 Å². The lowest BCUT2D eigenvalue weighted by molar-refractivity contribution is -0.137. The average Bonchev–Trinajstić information content (AvgIpc) is 2.27. The summed E-state index contributed by atoms with van der Waals surface area (Å²) in [5, 5.41) is 10.8. The number of benzene rings is 1. The van der Waals surface area contributed by atoms with Crippen LogP contribution in [-0.2, 0) is 10.9 Å². The summed E-state index contributed by atoms with van der Waals surface area (Å²) in [6, 6.07) is 3.99. The topological polar surface area (TPSA) is 62.1 Å². The number of carbonyl (C=O) groups excluding carboxylic acids is 1. The number of ether oxygens (including phenoxy) is 1. The number of nitriles is 1. The molecule has 17 heavy (non-hydrogen) atoms. The van der Waals surface area contributed by atoms with Crippen LogP contribution in [-0.4, -0.2) is 13.2 Å². The fourth-order valence-corrected chi connectivity index (χ4v) is 1.08. The third-order valence-electron chi connectivity index (χ3n) is 1.89. The monoisotopic (exact) mass is 244 g/mol. The maximum atomic E-state index is 12.3. The quantitative estimate of drug-likeness (QED) is 0.826. The molecular formula is C10H7F3N2O2. The van der Waals surface area contributed by atoms with Crippen molar-refractivity contribution in [2.24, 2.45) is 0 Å². The summed E-state index contributed by atoms with van der Waals surface area (Å²) in [6.07, 6.45) is -5.39. The Bertz CT molecular complexity index is 477. The second-order valence-corrected chi connectivity index (χ2v) is 2.99. The Labute approximate surface area is 94.6 Å². The predicted octanol–water partition coefficient (Wildman–Crippen LogP) is 2.76. The summed E-state index contributed by atoms with van der Waals surface area (Å²) < 4.78 is 41.3. The molecule has 0 fully saturated rings. The highest BCUT2D eigenvalue weighted by atomic mass is 19.4. The molecule has 0 saturated carbocycles. The van der Waals surface area contributed by atoms with Gasteiger partial charge in [-0.1, -0.05) is 0 Å². The molecular weight excluding hydrogens is 237 g/mol. The third-order valence-corrected chi connectivity index (χ3v) is 1.89. The van der Waals surface area contributed by atoms with Gasteiger partial charge in [0.15, 0.2) is 0 Å². The molecule has 0 aliphatic carbocycles. The number of methoxy groups -OCH3 is 1. The van der Waals surface area contributed by atoms with E-state index in [2.05, 4.69) is 10.1 Å². The number of hydrogen-bond acceptors (Lipinski definition) is 3. The Hall–Kier alpha value is -2.23. The van der Waals surface area contributed by atoms with Crippen molar-refractivity contribution in [3.8, 4) is 6.07 Å². The van der Waals surface area contributed by atoms with E-state index >= 15 is 0 Å². The third kappa shape index (κ3) is 3.11. The Balaban J connectivity index is 3.11. The molecule has 0 atom stereocenters. The molecule has 0 radical (unpaired) electrons. The van der Waals surface area contributed by atoms with Gasteiger partial charge in [-0.2, -0.15) is 18.4 Å². The Morgan fingerprint density at radius 2 is 2.12 bits per heavy atom. The van der Waals surface area contributed by atoms with Crippen LogP contribution in [0, 0.1) is 11.3 Å². The number of nitrogens with one attached hydrogen (secondary N) is 1. The van der Waals surface area contributed by atoms with Gasteiger partial charge in [0.05, 0.1) is 23.9 Å². The number of alkyl halides is 3. The smallest absolute Gasteiger partial charge is 0.416 e. The van der Waals surface area contributed by atoms with E-state index in [1.54, 1.807) is 6.07 Å². The number of nitrogens with zero attached hydrogens (tertiary/aromatic N) is 1. The maximum Gasteiger partial charge on any atom is 0.416 e. The van der Waals surface area contributed by atoms with Gasteiger partial charge < -0.3 is 4.74 Å². The highest BCUT2D eigenvalue weighted by Crippen LogP contribution is 2.31. The number of amides is 1. The Morgan fingerprint density at radius 1 is 1.47 bits per heavy atom. The normalized spacial score (nSPS) is 10.5. The molecule has 1 amide bonds. The van der Waals surface area contributed by atoms with E-state index in [-0.39, 0.29) is 11.3 Å². The molecule has 0 unspecified atom stereocenters. The molecule has 0 aromatic heterocycles. The number of halogens is 3. The number of anilines is 1. The van der Waals surface area contributed by atoms with Gasteiger partial charge in [-0.05, 0) is 18.2 Å². The van der Waals surface area contributed by atoms with Gasteiger partial charge in [0.2, 0.25) is 0 Å². The van der Waals surface area contributed by atoms with Crippen molar-refractivity contribution in [1.82, 2.24) is 0 Å². The van der Waals surface area contributed by atoms with Crippen molar-refractivity contribution in [1.29, 1.82) is 5.26 Å². The zero-order valence-corrected chi connectivity index (χ0v) is 8.63. The summed E-state index contributed by atoms with van der Waals surface area (Å²) in [5.41, 5.74) is -1.28. The van der Waals surface area contributed by atoms with Gasteiger partial charge >= 0.3 is 12.3 Å². The molecule has 1 aromatic carbocycles. The lowest BCUT2D eigenvalue weighted by Crippen LogP contribution is -2.13. The van der Waals surface area contributed by atoms with Crippen LogP contribution in [0.3, 0.4) is 0 Å². The minimum Gasteiger partial charge on any atom is -0.453 e. The first-order chi connectivity index (χ1) is 7.88. The van der Waals surface area contributed by atoms with Gasteiger partial charge in [0.1, 0.15) is 6.07 Å². The van der Waals surface area contributed by atoms with Gasteiger partial charge in [-0.3, -0.25) is 5.32 Å². The molecule has 1 aromatic rings. The molecule has 0 saturated heterocycles. The van der Waals surface area contributed by atoms with E-state index in [0.29, 0.717) is 6.07 Å². The van der Waals surface area contributed by atoms with Crippen LogP contribution in [0.2, 0.25) is 0 Å². The second-order valence-electron chi connectivity index (χ2n) is 2.99. The number of rotatable bonds is 1. The SMILES string of the molecule is COC(=O)Nc1ccc(C(F)(F)F)cc1C#N. The molecule has 1 N–H and O–H groups in total. The first-order valence-corrected chi connectivity index (χ1v) is 4.35. The van der Waals surface area contributed by atoms with Crippen molar-refractivity contribution in [3.05, 3.63) is 29.3 Å². The molecule has 0 heterocycles. The van der Waals surface area contributed by atoms with Crippen LogP contribution in [0.5, 0.6) is 0 Å². The number of carbonyl (C=O) groups is 1. The summed E-state index contributed by atoms with van der Waals surface area (Å²) in [6.45, 7) is 0. The Morgan fingerprint density at radius 3 is 2.59 bits per heavy atom. The molecule has 90 valence electrons. The van der Waals surface area contributed by atoms with Crippen LogP contribution in [0.25, 0.3) is 0 Å². The van der Waals surface area contributed by atoms with Crippen LogP contribution in [0.4, 0.5) is 23.7 Å². The first-order valence-electron chi connectivity index (χ1n) is 4.35. The molecule has 0 aliphatic heterocycles. The van der Waals surface area contributed by atoms with Gasteiger partial charge in [0.25, 0.3) is 0 Å². The van der Waals surface area contributed by atoms with E-state index in [4.69, 9.17) is 5.26 Å². The second kappa shape index (κ2) is 4.74. The standard InChI is InChI=1S/C10H7F3N2O2/c1-17-9(16)15-8-3-2-7(10(11,12)13)4-6(8)5-14/h2-4H,1H3,(H,15,16). The zero-order valence-electron chi connectivity index (χ0n) is 8.63. The van der Waals surface area contributed by atoms with E-state index in [1.807, 2.05) is 0 Å². The van der Waals surface area contributed by atoms with Gasteiger partial charge in [0, 0.05) is 0 Å². The fraction of sp³-hybridized carbons (Fsp3) is 0.200. The average molecular weight is 244 g/mol. The van der Waals surface area contributed by atoms with Crippen molar-refractivity contribution < 1.29 is 22.7 Å².